The standard InChI is InChI=1S/C19H26N4O/c1-2-3-5-16-6-4-12-23(21-14-16)19(24)17-7-9-18(10-8-17)22-13-11-20-15-22/h7-11,13,15-16,21H,2-6,12,14H2,1H3. The Morgan fingerprint density at radius 2 is 2.17 bits per heavy atom. The maximum absolute atomic E-state index is 12.7. The number of carbonyl (C=O) groups excluding carboxylic acids is 1. The summed E-state index contributed by atoms with van der Waals surface area (Å²) in [5.74, 6) is 0.745. The fourth-order valence-electron chi connectivity index (χ4n) is 3.21. The molecular weight excluding hydrogens is 300 g/mol. The van der Waals surface area contributed by atoms with E-state index in [2.05, 4.69) is 17.3 Å². The third-order valence-corrected chi connectivity index (χ3v) is 4.69. The highest BCUT2D eigenvalue weighted by Crippen LogP contribution is 2.18. The zero-order chi connectivity index (χ0) is 16.8. The van der Waals surface area contributed by atoms with Gasteiger partial charge in [-0.3, -0.25) is 9.80 Å². The molecule has 1 saturated heterocycles. The Labute approximate surface area is 143 Å². The van der Waals surface area contributed by atoms with Crippen molar-refractivity contribution < 1.29 is 4.79 Å². The van der Waals surface area contributed by atoms with Crippen molar-refractivity contribution in [2.75, 3.05) is 13.1 Å². The number of hydrogen-bond acceptors (Lipinski definition) is 3. The first-order valence-corrected chi connectivity index (χ1v) is 8.91. The van der Waals surface area contributed by atoms with E-state index in [1.807, 2.05) is 35.0 Å². The molecule has 0 saturated carbocycles. The average Bonchev–Trinajstić information content (AvgIpc) is 3.06. The molecule has 1 aliphatic heterocycles. The molecule has 1 aromatic carbocycles. The number of hydrazine groups is 1. The first-order chi connectivity index (χ1) is 11.8. The molecule has 0 aliphatic carbocycles. The van der Waals surface area contributed by atoms with Crippen molar-refractivity contribution in [3.05, 3.63) is 48.5 Å². The number of benzene rings is 1. The Balaban J connectivity index is 1.61. The van der Waals surface area contributed by atoms with Crippen LogP contribution in [0.3, 0.4) is 0 Å². The van der Waals surface area contributed by atoms with E-state index in [1.165, 1.54) is 25.7 Å². The van der Waals surface area contributed by atoms with E-state index in [9.17, 15) is 4.79 Å². The summed E-state index contributed by atoms with van der Waals surface area (Å²) in [6, 6.07) is 7.69. The summed E-state index contributed by atoms with van der Waals surface area (Å²) in [5, 5.41) is 1.79. The van der Waals surface area contributed by atoms with Crippen LogP contribution in [-0.4, -0.2) is 33.6 Å². The first-order valence-electron chi connectivity index (χ1n) is 8.91. The fourth-order valence-corrected chi connectivity index (χ4v) is 3.21. The van der Waals surface area contributed by atoms with Gasteiger partial charge in [0.25, 0.3) is 5.91 Å². The monoisotopic (exact) mass is 326 g/mol. The minimum atomic E-state index is 0.0586. The van der Waals surface area contributed by atoms with Crippen LogP contribution < -0.4 is 5.43 Å². The van der Waals surface area contributed by atoms with Gasteiger partial charge >= 0.3 is 0 Å². The van der Waals surface area contributed by atoms with Crippen LogP contribution in [0.25, 0.3) is 5.69 Å². The number of nitrogens with one attached hydrogen (secondary N) is 1. The Hall–Kier alpha value is -2.14. The Morgan fingerprint density at radius 1 is 1.33 bits per heavy atom. The van der Waals surface area contributed by atoms with Crippen molar-refractivity contribution in [1.82, 2.24) is 20.0 Å². The molecule has 1 unspecified atom stereocenters. The van der Waals surface area contributed by atoms with Gasteiger partial charge in [-0.2, -0.15) is 0 Å². The number of rotatable bonds is 5. The Kier molecular flexibility index (Phi) is 5.64. The molecule has 1 atom stereocenters. The van der Waals surface area contributed by atoms with Gasteiger partial charge in [-0.25, -0.2) is 10.4 Å². The van der Waals surface area contributed by atoms with Crippen LogP contribution >= 0.6 is 0 Å². The van der Waals surface area contributed by atoms with Crippen molar-refractivity contribution in [1.29, 1.82) is 0 Å². The van der Waals surface area contributed by atoms with Gasteiger partial charge in [0.1, 0.15) is 0 Å². The summed E-state index contributed by atoms with van der Waals surface area (Å²) in [7, 11) is 0. The summed E-state index contributed by atoms with van der Waals surface area (Å²) >= 11 is 0. The zero-order valence-corrected chi connectivity index (χ0v) is 14.3. The number of imidazole rings is 1. The third-order valence-electron chi connectivity index (χ3n) is 4.69. The van der Waals surface area contributed by atoms with E-state index >= 15 is 0 Å². The molecule has 128 valence electrons. The second-order valence-electron chi connectivity index (χ2n) is 6.49. The van der Waals surface area contributed by atoms with Gasteiger partial charge in [-0.05, 0) is 49.4 Å². The molecular formula is C19H26N4O. The Morgan fingerprint density at radius 3 is 2.88 bits per heavy atom. The average molecular weight is 326 g/mol. The van der Waals surface area contributed by atoms with Gasteiger partial charge in [0.2, 0.25) is 0 Å². The molecule has 0 radical (unpaired) electrons. The van der Waals surface area contributed by atoms with E-state index < -0.39 is 0 Å². The molecule has 5 heteroatoms. The minimum absolute atomic E-state index is 0.0586. The number of hydrogen-bond donors (Lipinski definition) is 1. The van der Waals surface area contributed by atoms with E-state index in [1.54, 1.807) is 17.5 Å². The Bertz CT molecular complexity index is 636. The lowest BCUT2D eigenvalue weighted by Gasteiger charge is -2.22. The lowest BCUT2D eigenvalue weighted by molar-refractivity contribution is 0.0668. The largest absolute Gasteiger partial charge is 0.306 e. The SMILES string of the molecule is CCCCC1CCCN(C(=O)c2ccc(-n3ccnc3)cc2)NC1. The van der Waals surface area contributed by atoms with Crippen molar-refractivity contribution in [3.63, 3.8) is 0 Å². The number of aromatic nitrogens is 2. The van der Waals surface area contributed by atoms with Gasteiger partial charge in [0.05, 0.1) is 6.33 Å². The van der Waals surface area contributed by atoms with Gasteiger partial charge in [0, 0.05) is 36.7 Å². The highest BCUT2D eigenvalue weighted by Gasteiger charge is 2.21. The summed E-state index contributed by atoms with van der Waals surface area (Å²) in [6.07, 6.45) is 11.4. The van der Waals surface area contributed by atoms with Crippen molar-refractivity contribution >= 4 is 5.91 Å². The molecule has 24 heavy (non-hydrogen) atoms. The smallest absolute Gasteiger partial charge is 0.267 e. The lowest BCUT2D eigenvalue weighted by atomic mass is 9.97. The van der Waals surface area contributed by atoms with Crippen LogP contribution in [0.15, 0.2) is 43.0 Å². The maximum Gasteiger partial charge on any atom is 0.267 e. The third kappa shape index (κ3) is 4.03. The van der Waals surface area contributed by atoms with Crippen LogP contribution in [0, 0.1) is 5.92 Å². The highest BCUT2D eigenvalue weighted by molar-refractivity contribution is 5.94. The number of unbranched alkanes of at least 4 members (excludes halogenated alkanes) is 1. The highest BCUT2D eigenvalue weighted by atomic mass is 16.2. The van der Waals surface area contributed by atoms with Crippen molar-refractivity contribution in [2.45, 2.75) is 39.0 Å². The molecule has 1 fully saturated rings. The van der Waals surface area contributed by atoms with Crippen molar-refractivity contribution in [2.24, 2.45) is 5.92 Å². The topological polar surface area (TPSA) is 50.2 Å². The van der Waals surface area contributed by atoms with E-state index in [-0.39, 0.29) is 5.91 Å². The molecule has 1 aliphatic rings. The number of amides is 1. The van der Waals surface area contributed by atoms with Crippen LogP contribution in [0.4, 0.5) is 0 Å². The van der Waals surface area contributed by atoms with E-state index in [0.29, 0.717) is 5.92 Å². The van der Waals surface area contributed by atoms with Crippen LogP contribution in [-0.2, 0) is 0 Å². The summed E-state index contributed by atoms with van der Waals surface area (Å²) < 4.78 is 1.93. The van der Waals surface area contributed by atoms with E-state index in [0.717, 1.165) is 30.8 Å². The fraction of sp³-hybridized carbons (Fsp3) is 0.474. The molecule has 5 nitrogen and oxygen atoms in total. The van der Waals surface area contributed by atoms with Gasteiger partial charge in [-0.15, -0.1) is 0 Å². The number of nitrogens with zero attached hydrogens (tertiary/aromatic N) is 3. The second kappa shape index (κ2) is 8.11. The second-order valence-corrected chi connectivity index (χ2v) is 6.49. The van der Waals surface area contributed by atoms with Gasteiger partial charge < -0.3 is 4.57 Å². The molecule has 3 rings (SSSR count). The van der Waals surface area contributed by atoms with Gasteiger partial charge in [-0.1, -0.05) is 19.8 Å². The number of carbonyl (C=O) groups is 1. The van der Waals surface area contributed by atoms with Crippen LogP contribution in [0.5, 0.6) is 0 Å². The quantitative estimate of drug-likeness (QED) is 0.916. The summed E-state index contributed by atoms with van der Waals surface area (Å²) in [5.41, 5.74) is 5.08. The lowest BCUT2D eigenvalue weighted by Crippen LogP contribution is -2.43. The molecule has 2 heterocycles. The summed E-state index contributed by atoms with van der Waals surface area (Å²) in [6.45, 7) is 3.91. The molecule has 0 bridgehead atoms. The summed E-state index contributed by atoms with van der Waals surface area (Å²) in [4.78, 5) is 16.8. The van der Waals surface area contributed by atoms with E-state index in [4.69, 9.17) is 0 Å². The normalized spacial score (nSPS) is 18.4. The minimum Gasteiger partial charge on any atom is -0.306 e. The first kappa shape index (κ1) is 16.7. The molecule has 2 aromatic rings. The predicted octanol–water partition coefficient (Wildman–Crippen LogP) is 3.42. The molecule has 1 N–H and O–H groups in total. The van der Waals surface area contributed by atoms with Gasteiger partial charge in [0.15, 0.2) is 0 Å². The van der Waals surface area contributed by atoms with Crippen LogP contribution in [0.2, 0.25) is 0 Å². The zero-order valence-electron chi connectivity index (χ0n) is 14.3. The molecule has 0 spiro atoms. The van der Waals surface area contributed by atoms with Crippen LogP contribution in [0.1, 0.15) is 49.4 Å². The maximum atomic E-state index is 12.7. The van der Waals surface area contributed by atoms with Crippen molar-refractivity contribution in [3.8, 4) is 5.69 Å². The predicted molar refractivity (Wildman–Crippen MR) is 94.9 cm³/mol. The molecule has 1 aromatic heterocycles. The molecule has 1 amide bonds.